The molecule has 3 aromatic carbocycles. The van der Waals surface area contributed by atoms with Gasteiger partial charge in [0.05, 0.1) is 60.1 Å². The SMILES string of the molecule is COc1cc(-c2cn(-c3ccc(-c4nc5cc(OC)c(OC)c(OC)c5s4)cc3)nn2)cc(OC)c1OC. The van der Waals surface area contributed by atoms with Gasteiger partial charge in [0.1, 0.15) is 15.4 Å². The lowest BCUT2D eigenvalue weighted by Crippen LogP contribution is -1.95. The Morgan fingerprint density at radius 3 is 1.84 bits per heavy atom. The molecule has 196 valence electrons. The summed E-state index contributed by atoms with van der Waals surface area (Å²) in [5, 5.41) is 9.50. The summed E-state index contributed by atoms with van der Waals surface area (Å²) >= 11 is 1.52. The molecule has 0 N–H and O–H groups in total. The maximum Gasteiger partial charge on any atom is 0.204 e. The van der Waals surface area contributed by atoms with Crippen molar-refractivity contribution in [2.75, 3.05) is 42.7 Å². The van der Waals surface area contributed by atoms with Crippen molar-refractivity contribution in [1.82, 2.24) is 20.0 Å². The lowest BCUT2D eigenvalue weighted by Gasteiger charge is -2.13. The summed E-state index contributed by atoms with van der Waals surface area (Å²) in [7, 11) is 9.51. The van der Waals surface area contributed by atoms with E-state index in [1.54, 1.807) is 47.3 Å². The molecule has 0 unspecified atom stereocenters. The van der Waals surface area contributed by atoms with Crippen LogP contribution in [0.1, 0.15) is 0 Å². The van der Waals surface area contributed by atoms with Crippen molar-refractivity contribution in [3.63, 3.8) is 0 Å². The first kappa shape index (κ1) is 25.2. The average Bonchev–Trinajstić information content (AvgIpc) is 3.63. The first-order valence-electron chi connectivity index (χ1n) is 11.5. The second kappa shape index (κ2) is 10.5. The van der Waals surface area contributed by atoms with Crippen LogP contribution in [0.15, 0.2) is 48.7 Å². The summed E-state index contributed by atoms with van der Waals surface area (Å²) in [6.45, 7) is 0. The molecule has 0 aliphatic carbocycles. The van der Waals surface area contributed by atoms with E-state index in [4.69, 9.17) is 33.4 Å². The van der Waals surface area contributed by atoms with Gasteiger partial charge in [0.25, 0.3) is 0 Å². The average molecular weight is 535 g/mol. The fourth-order valence-corrected chi connectivity index (χ4v) is 5.23. The summed E-state index contributed by atoms with van der Waals surface area (Å²) in [5.41, 5.74) is 4.03. The second-order valence-corrected chi connectivity index (χ2v) is 9.02. The van der Waals surface area contributed by atoms with Gasteiger partial charge in [-0.2, -0.15) is 0 Å². The molecular formula is C27H26N4O6S. The van der Waals surface area contributed by atoms with Crippen LogP contribution in [0.25, 0.3) is 37.7 Å². The number of nitrogens with zero attached hydrogens (tertiary/aromatic N) is 4. The molecule has 0 radical (unpaired) electrons. The largest absolute Gasteiger partial charge is 0.493 e. The van der Waals surface area contributed by atoms with Crippen molar-refractivity contribution >= 4 is 21.6 Å². The third-order valence-electron chi connectivity index (χ3n) is 6.02. The molecule has 38 heavy (non-hydrogen) atoms. The molecular weight excluding hydrogens is 508 g/mol. The molecule has 0 saturated carbocycles. The predicted molar refractivity (Wildman–Crippen MR) is 145 cm³/mol. The Balaban J connectivity index is 1.46. The van der Waals surface area contributed by atoms with E-state index in [2.05, 4.69) is 10.3 Å². The lowest BCUT2D eigenvalue weighted by atomic mass is 10.1. The van der Waals surface area contributed by atoms with E-state index >= 15 is 0 Å². The zero-order valence-corrected chi connectivity index (χ0v) is 22.6. The van der Waals surface area contributed by atoms with Crippen molar-refractivity contribution in [2.24, 2.45) is 0 Å². The van der Waals surface area contributed by atoms with Gasteiger partial charge in [-0.15, -0.1) is 16.4 Å². The number of methoxy groups -OCH3 is 6. The van der Waals surface area contributed by atoms with Crippen LogP contribution >= 0.6 is 11.3 Å². The maximum atomic E-state index is 5.62. The van der Waals surface area contributed by atoms with Crippen LogP contribution in [0, 0.1) is 0 Å². The summed E-state index contributed by atoms with van der Waals surface area (Å²) < 4.78 is 35.5. The number of rotatable bonds is 9. The van der Waals surface area contributed by atoms with E-state index < -0.39 is 0 Å². The molecule has 0 atom stereocenters. The minimum absolute atomic E-state index is 0.520. The van der Waals surface area contributed by atoms with Gasteiger partial charge in [-0.1, -0.05) is 5.21 Å². The number of ether oxygens (including phenoxy) is 6. The van der Waals surface area contributed by atoms with Gasteiger partial charge in [0.2, 0.25) is 11.5 Å². The van der Waals surface area contributed by atoms with Gasteiger partial charge in [-0.25, -0.2) is 9.67 Å². The molecule has 5 rings (SSSR count). The normalized spacial score (nSPS) is 10.9. The molecule has 0 aliphatic rings. The summed E-state index contributed by atoms with van der Waals surface area (Å²) in [6, 6.07) is 13.4. The van der Waals surface area contributed by atoms with E-state index in [0.29, 0.717) is 40.2 Å². The third kappa shape index (κ3) is 4.30. The zero-order valence-electron chi connectivity index (χ0n) is 21.8. The fraction of sp³-hybridized carbons (Fsp3) is 0.222. The molecule has 11 heteroatoms. The Morgan fingerprint density at radius 2 is 1.26 bits per heavy atom. The topological polar surface area (TPSA) is 99.0 Å². The number of thiazole rings is 1. The Morgan fingerprint density at radius 1 is 0.658 bits per heavy atom. The van der Waals surface area contributed by atoms with E-state index in [1.807, 2.05) is 48.7 Å². The lowest BCUT2D eigenvalue weighted by molar-refractivity contribution is 0.324. The quantitative estimate of drug-likeness (QED) is 0.251. The minimum Gasteiger partial charge on any atom is -0.493 e. The monoisotopic (exact) mass is 534 g/mol. The molecule has 5 aromatic rings. The van der Waals surface area contributed by atoms with E-state index in [9.17, 15) is 0 Å². The standard InChI is InChI=1S/C27H26N4O6S/c1-32-20-11-16(12-21(33-2)23(20)35-4)19-14-31(30-29-19)17-9-7-15(8-10-17)27-28-18-13-22(34-3)24(36-5)25(37-6)26(18)38-27/h7-14H,1-6H3. The molecule has 0 amide bonds. The summed E-state index contributed by atoms with van der Waals surface area (Å²) in [6.07, 6.45) is 1.84. The smallest absolute Gasteiger partial charge is 0.204 e. The van der Waals surface area contributed by atoms with Crippen molar-refractivity contribution in [3.05, 3.63) is 48.7 Å². The zero-order chi connectivity index (χ0) is 26.8. The van der Waals surface area contributed by atoms with Gasteiger partial charge in [0, 0.05) is 17.2 Å². The highest BCUT2D eigenvalue weighted by atomic mass is 32.1. The summed E-state index contributed by atoms with van der Waals surface area (Å²) in [5.74, 6) is 3.32. The van der Waals surface area contributed by atoms with Crippen LogP contribution in [0.3, 0.4) is 0 Å². The van der Waals surface area contributed by atoms with Crippen molar-refractivity contribution < 1.29 is 28.4 Å². The first-order valence-corrected chi connectivity index (χ1v) is 12.3. The van der Waals surface area contributed by atoms with Gasteiger partial charge < -0.3 is 28.4 Å². The van der Waals surface area contributed by atoms with Crippen molar-refractivity contribution in [2.45, 2.75) is 0 Å². The van der Waals surface area contributed by atoms with Crippen LogP contribution < -0.4 is 28.4 Å². The number of aromatic nitrogens is 4. The number of hydrogen-bond donors (Lipinski definition) is 0. The molecule has 0 saturated heterocycles. The van der Waals surface area contributed by atoms with Gasteiger partial charge in [0.15, 0.2) is 23.0 Å². The molecule has 0 aliphatic heterocycles. The molecule has 10 nitrogen and oxygen atoms in total. The van der Waals surface area contributed by atoms with Gasteiger partial charge >= 0.3 is 0 Å². The number of fused-ring (bicyclic) bond motifs is 1. The minimum atomic E-state index is 0.520. The van der Waals surface area contributed by atoms with Gasteiger partial charge in [-0.05, 0) is 36.4 Å². The third-order valence-corrected chi connectivity index (χ3v) is 7.14. The second-order valence-electron chi connectivity index (χ2n) is 8.02. The molecule has 2 heterocycles. The molecule has 0 fully saturated rings. The van der Waals surface area contributed by atoms with Crippen LogP contribution in [0.5, 0.6) is 34.5 Å². The van der Waals surface area contributed by atoms with Crippen LogP contribution in [0.4, 0.5) is 0 Å². The molecule has 0 spiro atoms. The molecule has 2 aromatic heterocycles. The van der Waals surface area contributed by atoms with Gasteiger partial charge in [-0.3, -0.25) is 0 Å². The maximum absolute atomic E-state index is 5.62. The highest BCUT2D eigenvalue weighted by Crippen LogP contribution is 2.47. The van der Waals surface area contributed by atoms with Crippen molar-refractivity contribution in [1.29, 1.82) is 0 Å². The highest BCUT2D eigenvalue weighted by Gasteiger charge is 2.20. The van der Waals surface area contributed by atoms with Crippen LogP contribution in [0.2, 0.25) is 0 Å². The van der Waals surface area contributed by atoms with E-state index in [1.165, 1.54) is 11.3 Å². The predicted octanol–water partition coefficient (Wildman–Crippen LogP) is 5.26. The molecule has 0 bridgehead atoms. The van der Waals surface area contributed by atoms with E-state index in [0.717, 1.165) is 32.0 Å². The number of benzene rings is 3. The Bertz CT molecular complexity index is 1570. The fourth-order valence-electron chi connectivity index (χ4n) is 4.16. The van der Waals surface area contributed by atoms with E-state index in [-0.39, 0.29) is 0 Å². The van der Waals surface area contributed by atoms with Crippen LogP contribution in [-0.4, -0.2) is 62.6 Å². The summed E-state index contributed by atoms with van der Waals surface area (Å²) in [4.78, 5) is 4.80. The first-order chi connectivity index (χ1) is 18.5. The number of hydrogen-bond acceptors (Lipinski definition) is 10. The highest BCUT2D eigenvalue weighted by molar-refractivity contribution is 7.22. The Kier molecular flexibility index (Phi) is 6.93. The Labute approximate surface area is 223 Å². The van der Waals surface area contributed by atoms with Crippen molar-refractivity contribution in [3.8, 4) is 62.0 Å². The van der Waals surface area contributed by atoms with Crippen LogP contribution in [-0.2, 0) is 0 Å². The Hall–Kier alpha value is -4.51.